The van der Waals surface area contributed by atoms with Gasteiger partial charge in [-0.15, -0.1) is 0 Å². The number of amides is 1. The minimum atomic E-state index is -0.334. The molecule has 1 aliphatic heterocycles. The van der Waals surface area contributed by atoms with Gasteiger partial charge in [0.25, 0.3) is 5.91 Å². The van der Waals surface area contributed by atoms with Crippen LogP contribution in [0.5, 0.6) is 0 Å². The maximum absolute atomic E-state index is 12.3. The fourth-order valence-corrected chi connectivity index (χ4v) is 1.97. The molecule has 5 nitrogen and oxygen atoms in total. The highest BCUT2D eigenvalue weighted by Gasteiger charge is 2.35. The molecular formula is C11H14ClN3O2. The average Bonchev–Trinajstić information content (AvgIpc) is 2.27. The number of ether oxygens (including phenoxy) is 1. The fourth-order valence-electron chi connectivity index (χ4n) is 1.82. The van der Waals surface area contributed by atoms with Crippen LogP contribution in [0.15, 0.2) is 12.4 Å². The standard InChI is InChI=1S/C11H14ClN3O2/c1-11(2)7-17-4-3-15(11)10(16)8-5-13-6-9(12)14-8/h5-6H,3-4,7H2,1-2H3. The Bertz CT molecular complexity index is 436. The van der Waals surface area contributed by atoms with Crippen molar-refractivity contribution < 1.29 is 9.53 Å². The molecule has 1 saturated heterocycles. The molecule has 1 aliphatic rings. The minimum absolute atomic E-state index is 0.159. The monoisotopic (exact) mass is 255 g/mol. The average molecular weight is 256 g/mol. The smallest absolute Gasteiger partial charge is 0.274 e. The van der Waals surface area contributed by atoms with Gasteiger partial charge >= 0.3 is 0 Å². The summed E-state index contributed by atoms with van der Waals surface area (Å²) in [6, 6.07) is 0. The quantitative estimate of drug-likeness (QED) is 0.761. The van der Waals surface area contributed by atoms with Gasteiger partial charge in [-0.05, 0) is 13.8 Å². The Balaban J connectivity index is 2.25. The first-order valence-electron chi connectivity index (χ1n) is 5.38. The molecular weight excluding hydrogens is 242 g/mol. The molecule has 0 aromatic carbocycles. The van der Waals surface area contributed by atoms with Gasteiger partial charge in [-0.25, -0.2) is 4.98 Å². The summed E-state index contributed by atoms with van der Waals surface area (Å²) in [6.07, 6.45) is 2.84. The maximum Gasteiger partial charge on any atom is 0.274 e. The largest absolute Gasteiger partial charge is 0.377 e. The summed E-state index contributed by atoms with van der Waals surface area (Å²) in [5, 5.41) is 0.224. The summed E-state index contributed by atoms with van der Waals surface area (Å²) < 4.78 is 5.37. The number of aromatic nitrogens is 2. The van der Waals surface area contributed by atoms with Gasteiger partial charge in [-0.3, -0.25) is 9.78 Å². The van der Waals surface area contributed by atoms with E-state index in [1.807, 2.05) is 13.8 Å². The minimum Gasteiger partial charge on any atom is -0.377 e. The van der Waals surface area contributed by atoms with Crippen LogP contribution in [0, 0.1) is 0 Å². The van der Waals surface area contributed by atoms with Crippen LogP contribution in [-0.2, 0) is 4.74 Å². The van der Waals surface area contributed by atoms with Gasteiger partial charge in [0.2, 0.25) is 0 Å². The van der Waals surface area contributed by atoms with Crippen LogP contribution in [0.3, 0.4) is 0 Å². The normalized spacial score (nSPS) is 19.1. The number of nitrogens with zero attached hydrogens (tertiary/aromatic N) is 3. The number of halogens is 1. The Hall–Kier alpha value is -1.20. The first-order chi connectivity index (χ1) is 8.00. The topological polar surface area (TPSA) is 55.3 Å². The van der Waals surface area contributed by atoms with Crippen molar-refractivity contribution in [3.8, 4) is 0 Å². The van der Waals surface area contributed by atoms with E-state index in [1.165, 1.54) is 12.4 Å². The van der Waals surface area contributed by atoms with Crippen molar-refractivity contribution in [1.82, 2.24) is 14.9 Å². The zero-order chi connectivity index (χ0) is 12.5. The van der Waals surface area contributed by atoms with Gasteiger partial charge < -0.3 is 9.64 Å². The van der Waals surface area contributed by atoms with Gasteiger partial charge in [-0.1, -0.05) is 11.6 Å². The first-order valence-corrected chi connectivity index (χ1v) is 5.76. The third kappa shape index (κ3) is 2.56. The number of rotatable bonds is 1. The van der Waals surface area contributed by atoms with Crippen molar-refractivity contribution in [3.05, 3.63) is 23.2 Å². The van der Waals surface area contributed by atoms with E-state index < -0.39 is 0 Å². The Morgan fingerprint density at radius 3 is 2.94 bits per heavy atom. The van der Waals surface area contributed by atoms with Gasteiger partial charge in [0.15, 0.2) is 0 Å². The summed E-state index contributed by atoms with van der Waals surface area (Å²) in [4.78, 5) is 21.9. The van der Waals surface area contributed by atoms with Crippen molar-refractivity contribution in [1.29, 1.82) is 0 Å². The molecule has 1 fully saturated rings. The molecule has 2 heterocycles. The Morgan fingerprint density at radius 1 is 1.53 bits per heavy atom. The van der Waals surface area contributed by atoms with Crippen molar-refractivity contribution in [2.45, 2.75) is 19.4 Å². The Kier molecular flexibility index (Phi) is 3.31. The first kappa shape index (κ1) is 12.3. The van der Waals surface area contributed by atoms with Crippen LogP contribution in [0.2, 0.25) is 5.15 Å². The molecule has 2 rings (SSSR count). The highest BCUT2D eigenvalue weighted by molar-refractivity contribution is 6.29. The lowest BCUT2D eigenvalue weighted by atomic mass is 10.0. The Labute approximate surface area is 105 Å². The van der Waals surface area contributed by atoms with Crippen LogP contribution in [0.1, 0.15) is 24.3 Å². The second-order valence-electron chi connectivity index (χ2n) is 4.55. The third-order valence-corrected chi connectivity index (χ3v) is 2.90. The van der Waals surface area contributed by atoms with Crippen molar-refractivity contribution in [3.63, 3.8) is 0 Å². The van der Waals surface area contributed by atoms with Gasteiger partial charge in [0.05, 0.1) is 31.1 Å². The second-order valence-corrected chi connectivity index (χ2v) is 4.94. The lowest BCUT2D eigenvalue weighted by molar-refractivity contribution is -0.0373. The number of hydrogen-bond acceptors (Lipinski definition) is 4. The molecule has 0 spiro atoms. The molecule has 92 valence electrons. The van der Waals surface area contributed by atoms with E-state index in [0.29, 0.717) is 19.8 Å². The van der Waals surface area contributed by atoms with E-state index in [1.54, 1.807) is 4.90 Å². The molecule has 0 N–H and O–H groups in total. The summed E-state index contributed by atoms with van der Waals surface area (Å²) >= 11 is 5.73. The van der Waals surface area contributed by atoms with Crippen LogP contribution in [0.4, 0.5) is 0 Å². The number of carbonyl (C=O) groups excluding carboxylic acids is 1. The van der Waals surface area contributed by atoms with Crippen LogP contribution in [-0.4, -0.2) is 46.1 Å². The van der Waals surface area contributed by atoms with E-state index >= 15 is 0 Å². The highest BCUT2D eigenvalue weighted by Crippen LogP contribution is 2.21. The van der Waals surface area contributed by atoms with Crippen molar-refractivity contribution in [2.24, 2.45) is 0 Å². The maximum atomic E-state index is 12.3. The lowest BCUT2D eigenvalue weighted by Gasteiger charge is -2.41. The van der Waals surface area contributed by atoms with E-state index in [9.17, 15) is 4.79 Å². The zero-order valence-electron chi connectivity index (χ0n) is 9.81. The van der Waals surface area contributed by atoms with Gasteiger partial charge in [0.1, 0.15) is 10.8 Å². The van der Waals surface area contributed by atoms with Crippen LogP contribution < -0.4 is 0 Å². The summed E-state index contributed by atoms with van der Waals surface area (Å²) in [5.41, 5.74) is -0.0632. The molecule has 0 radical (unpaired) electrons. The SMILES string of the molecule is CC1(C)COCCN1C(=O)c1cncc(Cl)n1. The molecule has 1 aromatic heterocycles. The molecule has 17 heavy (non-hydrogen) atoms. The van der Waals surface area contributed by atoms with E-state index in [2.05, 4.69) is 9.97 Å². The highest BCUT2D eigenvalue weighted by atomic mass is 35.5. The van der Waals surface area contributed by atoms with Crippen molar-refractivity contribution >= 4 is 17.5 Å². The van der Waals surface area contributed by atoms with Crippen LogP contribution in [0.25, 0.3) is 0 Å². The predicted molar refractivity (Wildman–Crippen MR) is 63.0 cm³/mol. The molecule has 0 saturated carbocycles. The molecule has 1 amide bonds. The molecule has 0 aliphatic carbocycles. The van der Waals surface area contributed by atoms with Crippen LogP contribution >= 0.6 is 11.6 Å². The molecule has 6 heteroatoms. The van der Waals surface area contributed by atoms with Gasteiger partial charge in [0, 0.05) is 6.54 Å². The molecule has 1 aromatic rings. The molecule has 0 unspecified atom stereocenters. The third-order valence-electron chi connectivity index (χ3n) is 2.71. The van der Waals surface area contributed by atoms with E-state index in [4.69, 9.17) is 16.3 Å². The summed E-state index contributed by atoms with van der Waals surface area (Å²) in [7, 11) is 0. The second kappa shape index (κ2) is 4.58. The van der Waals surface area contributed by atoms with E-state index in [0.717, 1.165) is 0 Å². The Morgan fingerprint density at radius 2 is 2.29 bits per heavy atom. The van der Waals surface area contributed by atoms with Crippen molar-refractivity contribution in [2.75, 3.05) is 19.8 Å². The van der Waals surface area contributed by atoms with Gasteiger partial charge in [-0.2, -0.15) is 0 Å². The number of carbonyl (C=O) groups is 1. The zero-order valence-corrected chi connectivity index (χ0v) is 10.6. The lowest BCUT2D eigenvalue weighted by Crippen LogP contribution is -2.55. The fraction of sp³-hybridized carbons (Fsp3) is 0.545. The summed E-state index contributed by atoms with van der Waals surface area (Å²) in [6.45, 7) is 5.54. The number of morpholine rings is 1. The predicted octanol–water partition coefficient (Wildman–Crippen LogP) is 1.38. The number of hydrogen-bond donors (Lipinski definition) is 0. The summed E-state index contributed by atoms with van der Waals surface area (Å²) in [5.74, 6) is -0.159. The van der Waals surface area contributed by atoms with E-state index in [-0.39, 0.29) is 22.3 Å². The molecule has 0 bridgehead atoms. The molecule has 0 atom stereocenters.